The fourth-order valence-electron chi connectivity index (χ4n) is 5.48. The number of hydrogen-bond acceptors (Lipinski definition) is 3. The normalized spacial score (nSPS) is 38.1. The van der Waals surface area contributed by atoms with Crippen LogP contribution in [0.5, 0.6) is 0 Å². The first kappa shape index (κ1) is 12.4. The van der Waals surface area contributed by atoms with E-state index in [9.17, 15) is 5.26 Å². The summed E-state index contributed by atoms with van der Waals surface area (Å²) in [5.41, 5.74) is 1.76. The number of nitriles is 1. The maximum absolute atomic E-state index is 9.39. The molecule has 1 aromatic rings. The number of aromatic nitrogens is 3. The van der Waals surface area contributed by atoms with Gasteiger partial charge in [-0.15, -0.1) is 5.10 Å². The zero-order valence-electron chi connectivity index (χ0n) is 12.1. The highest BCUT2D eigenvalue weighted by molar-refractivity contribution is 5.30. The van der Waals surface area contributed by atoms with Gasteiger partial charge in [-0.05, 0) is 62.2 Å². The maximum atomic E-state index is 9.39. The van der Waals surface area contributed by atoms with Crippen molar-refractivity contribution in [3.05, 3.63) is 11.4 Å². The molecule has 0 aliphatic heterocycles. The molecule has 4 heteroatoms. The number of rotatable bonds is 3. The monoisotopic (exact) mass is 270 g/mol. The Morgan fingerprint density at radius 3 is 2.35 bits per heavy atom. The summed E-state index contributed by atoms with van der Waals surface area (Å²) in [5.74, 6) is 4.06. The van der Waals surface area contributed by atoms with Crippen molar-refractivity contribution in [2.45, 2.75) is 57.9 Å². The van der Waals surface area contributed by atoms with E-state index in [0.29, 0.717) is 11.6 Å². The summed E-state index contributed by atoms with van der Waals surface area (Å²) in [6, 6.07) is 2.29. The van der Waals surface area contributed by atoms with Gasteiger partial charge in [0.1, 0.15) is 6.07 Å². The van der Waals surface area contributed by atoms with Crippen LogP contribution in [0.3, 0.4) is 0 Å². The van der Waals surface area contributed by atoms with E-state index >= 15 is 0 Å². The van der Waals surface area contributed by atoms with Crippen molar-refractivity contribution in [1.29, 1.82) is 5.26 Å². The van der Waals surface area contributed by atoms with E-state index < -0.39 is 0 Å². The molecule has 0 amide bonds. The third kappa shape index (κ3) is 1.72. The average Bonchev–Trinajstić information content (AvgIpc) is 2.81. The van der Waals surface area contributed by atoms with Crippen LogP contribution >= 0.6 is 0 Å². The number of hydrogen-bond donors (Lipinski definition) is 0. The molecule has 0 atom stereocenters. The molecule has 4 fully saturated rings. The Balaban J connectivity index is 1.74. The largest absolute Gasteiger partial charge is 0.248 e. The fourth-order valence-corrected chi connectivity index (χ4v) is 5.48. The third-order valence-electron chi connectivity index (χ3n) is 5.86. The molecule has 0 unspecified atom stereocenters. The predicted octanol–water partition coefficient (Wildman–Crippen LogP) is 3.10. The molecule has 20 heavy (non-hydrogen) atoms. The molecule has 4 aliphatic rings. The van der Waals surface area contributed by atoms with Gasteiger partial charge in [0.25, 0.3) is 0 Å². The Hall–Kier alpha value is -1.37. The molecule has 4 nitrogen and oxygen atoms in total. The van der Waals surface area contributed by atoms with Gasteiger partial charge < -0.3 is 0 Å². The van der Waals surface area contributed by atoms with Crippen LogP contribution in [0.25, 0.3) is 0 Å². The first-order valence-electron chi connectivity index (χ1n) is 8.13. The standard InChI is InChI=1S/C16H22N4/c1-2-3-20-16(14(9-17)18-19-20)15-12-5-10-4-11(7-12)8-13(15)6-10/h10-13,15H,2-8H2,1H3. The second-order valence-corrected chi connectivity index (χ2v) is 7.11. The average molecular weight is 270 g/mol. The molecule has 106 valence electrons. The molecule has 0 saturated heterocycles. The zero-order valence-corrected chi connectivity index (χ0v) is 12.1. The second-order valence-electron chi connectivity index (χ2n) is 7.11. The van der Waals surface area contributed by atoms with E-state index in [2.05, 4.69) is 23.3 Å². The molecular formula is C16H22N4. The lowest BCUT2D eigenvalue weighted by Gasteiger charge is -2.54. The molecule has 5 rings (SSSR count). The first-order chi connectivity index (χ1) is 9.80. The van der Waals surface area contributed by atoms with Crippen LogP contribution in [0.15, 0.2) is 0 Å². The van der Waals surface area contributed by atoms with Gasteiger partial charge in [0.15, 0.2) is 5.69 Å². The fraction of sp³-hybridized carbons (Fsp3) is 0.812. The second kappa shape index (κ2) is 4.58. The van der Waals surface area contributed by atoms with Crippen molar-refractivity contribution in [1.82, 2.24) is 15.0 Å². The van der Waals surface area contributed by atoms with Crippen LogP contribution in [-0.2, 0) is 6.54 Å². The number of aryl methyl sites for hydroxylation is 1. The summed E-state index contributed by atoms with van der Waals surface area (Å²) in [5, 5.41) is 17.8. The van der Waals surface area contributed by atoms with Gasteiger partial charge >= 0.3 is 0 Å². The molecule has 1 aromatic heterocycles. The van der Waals surface area contributed by atoms with Gasteiger partial charge in [-0.3, -0.25) is 0 Å². The van der Waals surface area contributed by atoms with Crippen molar-refractivity contribution in [2.24, 2.45) is 23.7 Å². The minimum absolute atomic E-state index is 0.555. The van der Waals surface area contributed by atoms with Crippen molar-refractivity contribution >= 4 is 0 Å². The van der Waals surface area contributed by atoms with Crippen LogP contribution in [0.1, 0.15) is 62.8 Å². The molecule has 4 bridgehead atoms. The van der Waals surface area contributed by atoms with Gasteiger partial charge in [-0.2, -0.15) is 5.26 Å². The molecule has 0 aromatic carbocycles. The molecule has 0 radical (unpaired) electrons. The van der Waals surface area contributed by atoms with Crippen molar-refractivity contribution in [3.8, 4) is 6.07 Å². The smallest absolute Gasteiger partial charge is 0.186 e. The van der Waals surface area contributed by atoms with Crippen LogP contribution in [0.4, 0.5) is 0 Å². The van der Waals surface area contributed by atoms with Crippen LogP contribution in [0.2, 0.25) is 0 Å². The predicted molar refractivity (Wildman–Crippen MR) is 74.8 cm³/mol. The van der Waals surface area contributed by atoms with Crippen molar-refractivity contribution in [3.63, 3.8) is 0 Å². The summed E-state index contributed by atoms with van der Waals surface area (Å²) in [6.45, 7) is 3.06. The minimum Gasteiger partial charge on any atom is -0.248 e. The Kier molecular flexibility index (Phi) is 2.83. The first-order valence-corrected chi connectivity index (χ1v) is 8.13. The highest BCUT2D eigenvalue weighted by Crippen LogP contribution is 2.59. The summed E-state index contributed by atoms with van der Waals surface area (Å²) in [4.78, 5) is 0. The zero-order chi connectivity index (χ0) is 13.7. The quantitative estimate of drug-likeness (QED) is 0.848. The molecule has 4 aliphatic carbocycles. The molecule has 0 N–H and O–H groups in total. The Labute approximate surface area is 120 Å². The Morgan fingerprint density at radius 1 is 1.15 bits per heavy atom. The van der Waals surface area contributed by atoms with Crippen LogP contribution in [0, 0.1) is 35.0 Å². The van der Waals surface area contributed by atoms with Gasteiger partial charge in [0.05, 0.1) is 5.69 Å². The Bertz CT molecular complexity index is 525. The molecule has 1 heterocycles. The summed E-state index contributed by atoms with van der Waals surface area (Å²) < 4.78 is 2.03. The summed E-state index contributed by atoms with van der Waals surface area (Å²) in [7, 11) is 0. The lowest BCUT2D eigenvalue weighted by Crippen LogP contribution is -2.44. The van der Waals surface area contributed by atoms with E-state index in [1.54, 1.807) is 0 Å². The molecule has 0 spiro atoms. The highest BCUT2D eigenvalue weighted by Gasteiger charge is 2.50. The maximum Gasteiger partial charge on any atom is 0.186 e. The van der Waals surface area contributed by atoms with Gasteiger partial charge in [-0.25, -0.2) is 4.68 Å². The SMILES string of the molecule is CCCn1nnc(C#N)c1C1C2CC3CC(C2)CC1C3. The van der Waals surface area contributed by atoms with E-state index in [-0.39, 0.29) is 0 Å². The van der Waals surface area contributed by atoms with Gasteiger partial charge in [0.2, 0.25) is 0 Å². The lowest BCUT2D eigenvalue weighted by atomic mass is 9.51. The Morgan fingerprint density at radius 2 is 1.80 bits per heavy atom. The van der Waals surface area contributed by atoms with Crippen LogP contribution in [-0.4, -0.2) is 15.0 Å². The van der Waals surface area contributed by atoms with E-state index in [4.69, 9.17) is 0 Å². The van der Waals surface area contributed by atoms with Gasteiger partial charge in [0, 0.05) is 12.5 Å². The topological polar surface area (TPSA) is 54.5 Å². The van der Waals surface area contributed by atoms with E-state index in [1.165, 1.54) is 37.8 Å². The molecule has 4 saturated carbocycles. The van der Waals surface area contributed by atoms with E-state index in [1.807, 2.05) is 4.68 Å². The molecular weight excluding hydrogens is 248 g/mol. The number of nitrogens with zero attached hydrogens (tertiary/aromatic N) is 4. The van der Waals surface area contributed by atoms with Crippen LogP contribution < -0.4 is 0 Å². The third-order valence-corrected chi connectivity index (χ3v) is 5.86. The van der Waals surface area contributed by atoms with Crippen molar-refractivity contribution < 1.29 is 0 Å². The lowest BCUT2D eigenvalue weighted by molar-refractivity contribution is -0.00575. The van der Waals surface area contributed by atoms with E-state index in [0.717, 1.165) is 36.6 Å². The highest BCUT2D eigenvalue weighted by atomic mass is 15.4. The summed E-state index contributed by atoms with van der Waals surface area (Å²) in [6.07, 6.45) is 8.02. The minimum atomic E-state index is 0.555. The summed E-state index contributed by atoms with van der Waals surface area (Å²) >= 11 is 0. The van der Waals surface area contributed by atoms with Gasteiger partial charge in [-0.1, -0.05) is 12.1 Å². The van der Waals surface area contributed by atoms with Crippen molar-refractivity contribution in [2.75, 3.05) is 0 Å².